The van der Waals surface area contributed by atoms with E-state index in [2.05, 4.69) is 20.6 Å². The minimum atomic E-state index is 0. The van der Waals surface area contributed by atoms with E-state index in [-0.39, 0.29) is 29.9 Å². The molecule has 1 saturated heterocycles. The fourth-order valence-electron chi connectivity index (χ4n) is 2.61. The molecule has 0 radical (unpaired) electrons. The van der Waals surface area contributed by atoms with E-state index in [4.69, 9.17) is 0 Å². The van der Waals surface area contributed by atoms with Crippen LogP contribution in [-0.4, -0.2) is 47.9 Å². The number of nitrogens with one attached hydrogen (secondary N) is 2. The van der Waals surface area contributed by atoms with Crippen LogP contribution in [0.2, 0.25) is 0 Å². The average Bonchev–Trinajstić information content (AvgIpc) is 2.94. The molecule has 0 aromatic carbocycles. The van der Waals surface area contributed by atoms with E-state index in [9.17, 15) is 4.79 Å². The SMILES string of the molecule is CCNC(=NCc1cccc(C)n1)NCCCN1CCCC1=O.I. The van der Waals surface area contributed by atoms with E-state index < -0.39 is 0 Å². The molecule has 24 heavy (non-hydrogen) atoms. The fourth-order valence-corrected chi connectivity index (χ4v) is 2.61. The standard InChI is InChI=1S/C17H27N5O.HI/c1-3-18-17(20-13-15-8-4-7-14(2)21-15)19-10-6-12-22-11-5-9-16(22)23;/h4,7-8H,3,5-6,9-13H2,1-2H3,(H2,18,19,20);1H. The molecule has 1 aromatic heterocycles. The molecule has 1 fully saturated rings. The molecule has 0 aliphatic carbocycles. The number of aryl methyl sites for hydroxylation is 1. The molecule has 2 heterocycles. The van der Waals surface area contributed by atoms with Gasteiger partial charge in [-0.15, -0.1) is 24.0 Å². The molecule has 0 bridgehead atoms. The first-order valence-corrected chi connectivity index (χ1v) is 8.41. The number of nitrogens with zero attached hydrogens (tertiary/aromatic N) is 3. The predicted molar refractivity (Wildman–Crippen MR) is 108 cm³/mol. The van der Waals surface area contributed by atoms with Gasteiger partial charge in [-0.2, -0.15) is 0 Å². The number of hydrogen-bond donors (Lipinski definition) is 2. The van der Waals surface area contributed by atoms with Crippen molar-refractivity contribution < 1.29 is 4.79 Å². The zero-order chi connectivity index (χ0) is 16.5. The van der Waals surface area contributed by atoms with Crippen molar-refractivity contribution in [2.24, 2.45) is 4.99 Å². The predicted octanol–water partition coefficient (Wildman–Crippen LogP) is 2.08. The van der Waals surface area contributed by atoms with Crippen LogP contribution in [0.4, 0.5) is 0 Å². The highest BCUT2D eigenvalue weighted by molar-refractivity contribution is 14.0. The summed E-state index contributed by atoms with van der Waals surface area (Å²) in [4.78, 5) is 22.5. The number of rotatable bonds is 7. The van der Waals surface area contributed by atoms with Gasteiger partial charge >= 0.3 is 0 Å². The van der Waals surface area contributed by atoms with Crippen molar-refractivity contribution in [3.8, 4) is 0 Å². The van der Waals surface area contributed by atoms with E-state index in [0.29, 0.717) is 13.0 Å². The molecular formula is C17H28IN5O. The second kappa shape index (κ2) is 11.2. The quantitative estimate of drug-likeness (QED) is 0.292. The summed E-state index contributed by atoms with van der Waals surface area (Å²) in [5.74, 6) is 1.08. The molecule has 0 atom stereocenters. The number of amides is 1. The Morgan fingerprint density at radius 1 is 1.38 bits per heavy atom. The van der Waals surface area contributed by atoms with Crippen molar-refractivity contribution in [2.45, 2.75) is 39.7 Å². The van der Waals surface area contributed by atoms with Crippen molar-refractivity contribution >= 4 is 35.8 Å². The fraction of sp³-hybridized carbons (Fsp3) is 0.588. The van der Waals surface area contributed by atoms with Crippen LogP contribution in [0.15, 0.2) is 23.2 Å². The number of pyridine rings is 1. The molecule has 2 N–H and O–H groups in total. The van der Waals surface area contributed by atoms with Crippen LogP contribution in [0.5, 0.6) is 0 Å². The normalized spacial score (nSPS) is 14.5. The first-order chi connectivity index (χ1) is 11.2. The van der Waals surface area contributed by atoms with Crippen LogP contribution >= 0.6 is 24.0 Å². The lowest BCUT2D eigenvalue weighted by Crippen LogP contribution is -2.39. The van der Waals surface area contributed by atoms with Gasteiger partial charge in [0.1, 0.15) is 0 Å². The average molecular weight is 445 g/mol. The minimum Gasteiger partial charge on any atom is -0.357 e. The topological polar surface area (TPSA) is 69.6 Å². The van der Waals surface area contributed by atoms with E-state index in [1.54, 1.807) is 0 Å². The number of guanidine groups is 1. The maximum atomic E-state index is 11.6. The van der Waals surface area contributed by atoms with Crippen LogP contribution in [0.3, 0.4) is 0 Å². The molecule has 0 unspecified atom stereocenters. The number of carbonyl (C=O) groups is 1. The van der Waals surface area contributed by atoms with Gasteiger partial charge in [0.2, 0.25) is 5.91 Å². The van der Waals surface area contributed by atoms with Crippen LogP contribution in [0, 0.1) is 6.92 Å². The molecule has 6 nitrogen and oxygen atoms in total. The van der Waals surface area contributed by atoms with Gasteiger partial charge in [0.15, 0.2) is 5.96 Å². The minimum absolute atomic E-state index is 0. The Kier molecular flexibility index (Phi) is 9.66. The maximum Gasteiger partial charge on any atom is 0.222 e. The highest BCUT2D eigenvalue weighted by Crippen LogP contribution is 2.09. The molecule has 1 aromatic rings. The van der Waals surface area contributed by atoms with Crippen molar-refractivity contribution in [2.75, 3.05) is 26.2 Å². The number of carbonyl (C=O) groups excluding carboxylic acids is 1. The Balaban J connectivity index is 0.00000288. The summed E-state index contributed by atoms with van der Waals surface area (Å²) in [6.07, 6.45) is 2.64. The molecule has 0 saturated carbocycles. The lowest BCUT2D eigenvalue weighted by atomic mass is 10.3. The van der Waals surface area contributed by atoms with Crippen LogP contribution in [0.25, 0.3) is 0 Å². The summed E-state index contributed by atoms with van der Waals surface area (Å²) in [5, 5.41) is 6.55. The van der Waals surface area contributed by atoms with Gasteiger partial charge in [-0.3, -0.25) is 9.78 Å². The number of halogens is 1. The highest BCUT2D eigenvalue weighted by Gasteiger charge is 2.18. The summed E-state index contributed by atoms with van der Waals surface area (Å²) in [7, 11) is 0. The lowest BCUT2D eigenvalue weighted by Gasteiger charge is -2.16. The molecule has 2 rings (SSSR count). The summed E-state index contributed by atoms with van der Waals surface area (Å²) >= 11 is 0. The van der Waals surface area contributed by atoms with Crippen LogP contribution in [-0.2, 0) is 11.3 Å². The monoisotopic (exact) mass is 445 g/mol. The lowest BCUT2D eigenvalue weighted by molar-refractivity contribution is -0.127. The third-order valence-electron chi connectivity index (χ3n) is 3.76. The Morgan fingerprint density at radius 2 is 2.21 bits per heavy atom. The van der Waals surface area contributed by atoms with Crippen molar-refractivity contribution in [3.05, 3.63) is 29.6 Å². The second-order valence-electron chi connectivity index (χ2n) is 5.73. The van der Waals surface area contributed by atoms with Gasteiger partial charge in [-0.25, -0.2) is 4.99 Å². The molecule has 0 spiro atoms. The molecular weight excluding hydrogens is 417 g/mol. The van der Waals surface area contributed by atoms with Crippen LogP contribution < -0.4 is 10.6 Å². The maximum absolute atomic E-state index is 11.6. The summed E-state index contributed by atoms with van der Waals surface area (Å²) < 4.78 is 0. The second-order valence-corrected chi connectivity index (χ2v) is 5.73. The largest absolute Gasteiger partial charge is 0.357 e. The van der Waals surface area contributed by atoms with E-state index in [0.717, 1.165) is 56.4 Å². The van der Waals surface area contributed by atoms with Gasteiger partial charge in [-0.05, 0) is 38.8 Å². The zero-order valence-corrected chi connectivity index (χ0v) is 16.9. The number of likely N-dealkylation sites (tertiary alicyclic amines) is 1. The van der Waals surface area contributed by atoms with Gasteiger partial charge in [0.05, 0.1) is 12.2 Å². The molecule has 1 aliphatic rings. The van der Waals surface area contributed by atoms with Gasteiger partial charge in [0, 0.05) is 38.3 Å². The van der Waals surface area contributed by atoms with Gasteiger partial charge < -0.3 is 15.5 Å². The zero-order valence-electron chi connectivity index (χ0n) is 14.5. The number of aliphatic imine (C=N–C) groups is 1. The van der Waals surface area contributed by atoms with Crippen LogP contribution in [0.1, 0.15) is 37.6 Å². The number of aromatic nitrogens is 1. The third-order valence-corrected chi connectivity index (χ3v) is 3.76. The highest BCUT2D eigenvalue weighted by atomic mass is 127. The summed E-state index contributed by atoms with van der Waals surface area (Å²) in [6.45, 7) is 7.94. The Morgan fingerprint density at radius 3 is 2.88 bits per heavy atom. The number of hydrogen-bond acceptors (Lipinski definition) is 3. The third kappa shape index (κ3) is 7.02. The molecule has 7 heteroatoms. The first-order valence-electron chi connectivity index (χ1n) is 8.41. The molecule has 1 aliphatic heterocycles. The smallest absolute Gasteiger partial charge is 0.222 e. The Bertz CT molecular complexity index is 550. The summed E-state index contributed by atoms with van der Waals surface area (Å²) in [6, 6.07) is 5.97. The molecule has 134 valence electrons. The van der Waals surface area contributed by atoms with Crippen molar-refractivity contribution in [3.63, 3.8) is 0 Å². The van der Waals surface area contributed by atoms with Crippen molar-refractivity contribution in [1.82, 2.24) is 20.5 Å². The van der Waals surface area contributed by atoms with Gasteiger partial charge in [0.25, 0.3) is 0 Å². The Hall–Kier alpha value is -1.38. The Labute approximate surface area is 161 Å². The van der Waals surface area contributed by atoms with Gasteiger partial charge in [-0.1, -0.05) is 6.07 Å². The molecule has 1 amide bonds. The van der Waals surface area contributed by atoms with E-state index >= 15 is 0 Å². The van der Waals surface area contributed by atoms with E-state index in [1.165, 1.54) is 0 Å². The van der Waals surface area contributed by atoms with E-state index in [1.807, 2.05) is 36.9 Å². The summed E-state index contributed by atoms with van der Waals surface area (Å²) in [5.41, 5.74) is 1.97. The first kappa shape index (κ1) is 20.7. The van der Waals surface area contributed by atoms with Crippen molar-refractivity contribution in [1.29, 1.82) is 0 Å².